The minimum absolute atomic E-state index is 0.393. The molecule has 2 aromatic carbocycles. The summed E-state index contributed by atoms with van der Waals surface area (Å²) in [5.74, 6) is 1.89. The number of H-pyrrole nitrogens is 1. The molecule has 1 aromatic heterocycles. The van der Waals surface area contributed by atoms with Gasteiger partial charge in [0, 0.05) is 10.9 Å². The predicted octanol–water partition coefficient (Wildman–Crippen LogP) is 5.16. The molecule has 0 spiro atoms. The van der Waals surface area contributed by atoms with Crippen LogP contribution in [0.25, 0.3) is 5.69 Å². The Hall–Kier alpha value is -1.91. The fourth-order valence-corrected chi connectivity index (χ4v) is 3.51. The average Bonchev–Trinajstić information content (AvgIpc) is 3.23. The lowest BCUT2D eigenvalue weighted by atomic mass is 10.1. The van der Waals surface area contributed by atoms with Crippen LogP contribution in [-0.4, -0.2) is 14.8 Å². The van der Waals surface area contributed by atoms with Gasteiger partial charge < -0.3 is 0 Å². The number of nitrogens with zero attached hydrogens (tertiary/aromatic N) is 2. The van der Waals surface area contributed by atoms with Crippen LogP contribution in [0.15, 0.2) is 48.5 Å². The monoisotopic (exact) mass is 341 g/mol. The molecular weight excluding hydrogens is 326 g/mol. The molecule has 0 aliphatic heterocycles. The Bertz CT molecular complexity index is 911. The number of rotatable bonds is 3. The van der Waals surface area contributed by atoms with E-state index in [-0.39, 0.29) is 0 Å². The van der Waals surface area contributed by atoms with Gasteiger partial charge in [0.2, 0.25) is 0 Å². The second kappa shape index (κ2) is 5.62. The zero-order valence-electron chi connectivity index (χ0n) is 12.7. The fraction of sp³-hybridized carbons (Fsp3) is 0.222. The van der Waals surface area contributed by atoms with Gasteiger partial charge in [-0.15, -0.1) is 0 Å². The van der Waals surface area contributed by atoms with Crippen LogP contribution in [-0.2, 0) is 0 Å². The second-order valence-electron chi connectivity index (χ2n) is 6.06. The summed E-state index contributed by atoms with van der Waals surface area (Å²) in [6.07, 6.45) is 1.10. The van der Waals surface area contributed by atoms with E-state index in [1.54, 1.807) is 0 Å². The third kappa shape index (κ3) is 2.73. The number of hydrogen-bond donors (Lipinski definition) is 1. The first-order valence-corrected chi connectivity index (χ1v) is 8.42. The minimum atomic E-state index is 0.393. The van der Waals surface area contributed by atoms with Gasteiger partial charge in [-0.1, -0.05) is 47.5 Å². The summed E-state index contributed by atoms with van der Waals surface area (Å²) < 4.78 is 2.61. The van der Waals surface area contributed by atoms with Gasteiger partial charge >= 0.3 is 0 Å². The number of hydrogen-bond acceptors (Lipinski definition) is 2. The Labute approximate surface area is 144 Å². The molecule has 1 aliphatic rings. The van der Waals surface area contributed by atoms with Crippen molar-refractivity contribution in [1.82, 2.24) is 14.8 Å². The van der Waals surface area contributed by atoms with Crippen LogP contribution in [0, 0.1) is 11.7 Å². The lowest BCUT2D eigenvalue weighted by Gasteiger charge is -2.07. The summed E-state index contributed by atoms with van der Waals surface area (Å²) in [4.78, 5) is 0. The largest absolute Gasteiger partial charge is 0.272 e. The Morgan fingerprint density at radius 2 is 1.96 bits per heavy atom. The molecule has 0 saturated heterocycles. The van der Waals surface area contributed by atoms with Crippen molar-refractivity contribution in [3.63, 3.8) is 0 Å². The molecule has 3 nitrogen and oxygen atoms in total. The van der Waals surface area contributed by atoms with Crippen molar-refractivity contribution in [2.75, 3.05) is 0 Å². The topological polar surface area (TPSA) is 33.6 Å². The molecule has 3 aromatic rings. The van der Waals surface area contributed by atoms with E-state index in [9.17, 15) is 0 Å². The first kappa shape index (κ1) is 14.7. The zero-order valence-corrected chi connectivity index (χ0v) is 14.2. The van der Waals surface area contributed by atoms with E-state index in [2.05, 4.69) is 41.4 Å². The molecule has 0 amide bonds. The highest BCUT2D eigenvalue weighted by Crippen LogP contribution is 2.54. The van der Waals surface area contributed by atoms with Gasteiger partial charge in [0.1, 0.15) is 5.82 Å². The van der Waals surface area contributed by atoms with E-state index in [1.807, 2.05) is 28.8 Å². The zero-order chi connectivity index (χ0) is 16.0. The van der Waals surface area contributed by atoms with Crippen LogP contribution < -0.4 is 0 Å². The standard InChI is InChI=1S/C18H16ClN3S/c1-11-5-7-12(8-6-11)15-10-16(15)17-20-21-18(23)22(17)14-4-2-3-13(19)9-14/h2-9,15-16H,10H2,1H3,(H,21,23)/t15-,16-/m1/s1. The van der Waals surface area contributed by atoms with Gasteiger partial charge in [-0.2, -0.15) is 5.10 Å². The van der Waals surface area contributed by atoms with Crippen molar-refractivity contribution in [2.24, 2.45) is 0 Å². The molecule has 1 heterocycles. The molecule has 0 bridgehead atoms. The minimum Gasteiger partial charge on any atom is -0.272 e. The summed E-state index contributed by atoms with van der Waals surface area (Å²) in [5, 5.41) is 8.11. The molecule has 0 radical (unpaired) electrons. The van der Waals surface area contributed by atoms with Gasteiger partial charge in [-0.3, -0.25) is 9.67 Å². The SMILES string of the molecule is Cc1ccc([C@H]2C[C@H]2c2n[nH]c(=S)n2-c2cccc(Cl)c2)cc1. The van der Waals surface area contributed by atoms with Crippen LogP contribution in [0.3, 0.4) is 0 Å². The van der Waals surface area contributed by atoms with Crippen LogP contribution in [0.4, 0.5) is 0 Å². The quantitative estimate of drug-likeness (QED) is 0.667. The Morgan fingerprint density at radius 1 is 1.17 bits per heavy atom. The van der Waals surface area contributed by atoms with Crippen molar-refractivity contribution >= 4 is 23.8 Å². The maximum atomic E-state index is 6.12. The number of aryl methyl sites for hydroxylation is 1. The molecule has 2 atom stereocenters. The summed E-state index contributed by atoms with van der Waals surface area (Å²) in [6, 6.07) is 16.5. The first-order chi connectivity index (χ1) is 11.1. The summed E-state index contributed by atoms with van der Waals surface area (Å²) in [7, 11) is 0. The molecule has 1 N–H and O–H groups in total. The normalized spacial score (nSPS) is 19.7. The molecule has 0 unspecified atom stereocenters. The van der Waals surface area contributed by atoms with Crippen molar-refractivity contribution < 1.29 is 0 Å². The van der Waals surface area contributed by atoms with Crippen LogP contribution in [0.1, 0.15) is 35.2 Å². The molecular formula is C18H16ClN3S. The Morgan fingerprint density at radius 3 is 2.70 bits per heavy atom. The van der Waals surface area contributed by atoms with Crippen molar-refractivity contribution in [3.8, 4) is 5.69 Å². The van der Waals surface area contributed by atoms with E-state index >= 15 is 0 Å². The molecule has 5 heteroatoms. The number of benzene rings is 2. The number of aromatic nitrogens is 3. The van der Waals surface area contributed by atoms with Gasteiger partial charge in [-0.25, -0.2) is 0 Å². The molecule has 116 valence electrons. The lowest BCUT2D eigenvalue weighted by Crippen LogP contribution is -2.01. The molecule has 1 aliphatic carbocycles. The highest BCUT2D eigenvalue weighted by molar-refractivity contribution is 7.71. The first-order valence-electron chi connectivity index (χ1n) is 7.63. The van der Waals surface area contributed by atoms with Crippen LogP contribution >= 0.6 is 23.8 Å². The Kier molecular flexibility index (Phi) is 3.58. The Balaban J connectivity index is 1.69. The van der Waals surface area contributed by atoms with E-state index < -0.39 is 0 Å². The van der Waals surface area contributed by atoms with Gasteiger partial charge in [0.25, 0.3) is 0 Å². The van der Waals surface area contributed by atoms with Gasteiger partial charge in [0.05, 0.1) is 5.69 Å². The lowest BCUT2D eigenvalue weighted by molar-refractivity contribution is 0.846. The van der Waals surface area contributed by atoms with Crippen LogP contribution in [0.5, 0.6) is 0 Å². The smallest absolute Gasteiger partial charge is 0.199 e. The van der Waals surface area contributed by atoms with Crippen molar-refractivity contribution in [2.45, 2.75) is 25.2 Å². The maximum absolute atomic E-state index is 6.12. The fourth-order valence-electron chi connectivity index (χ4n) is 3.09. The third-order valence-electron chi connectivity index (χ3n) is 4.39. The number of aromatic amines is 1. The van der Waals surface area contributed by atoms with Crippen LogP contribution in [0.2, 0.25) is 5.02 Å². The predicted molar refractivity (Wildman–Crippen MR) is 95.0 cm³/mol. The van der Waals surface area contributed by atoms with E-state index in [0.29, 0.717) is 21.6 Å². The highest BCUT2D eigenvalue weighted by atomic mass is 35.5. The molecule has 1 fully saturated rings. The average molecular weight is 342 g/mol. The summed E-state index contributed by atoms with van der Waals surface area (Å²) in [5.41, 5.74) is 3.61. The number of nitrogens with one attached hydrogen (secondary N) is 1. The van der Waals surface area contributed by atoms with Gasteiger partial charge in [-0.05, 0) is 55.2 Å². The highest BCUT2D eigenvalue weighted by Gasteiger charge is 2.43. The second-order valence-corrected chi connectivity index (χ2v) is 6.88. The summed E-state index contributed by atoms with van der Waals surface area (Å²) >= 11 is 11.5. The van der Waals surface area contributed by atoms with E-state index in [0.717, 1.165) is 17.9 Å². The van der Waals surface area contributed by atoms with Crippen molar-refractivity contribution in [1.29, 1.82) is 0 Å². The number of halogens is 1. The molecule has 1 saturated carbocycles. The molecule has 23 heavy (non-hydrogen) atoms. The third-order valence-corrected chi connectivity index (χ3v) is 4.90. The van der Waals surface area contributed by atoms with Crippen molar-refractivity contribution in [3.05, 3.63) is 75.3 Å². The van der Waals surface area contributed by atoms with Gasteiger partial charge in [0.15, 0.2) is 4.77 Å². The maximum Gasteiger partial charge on any atom is 0.199 e. The summed E-state index contributed by atoms with van der Waals surface area (Å²) in [6.45, 7) is 2.11. The van der Waals surface area contributed by atoms with E-state index in [4.69, 9.17) is 23.8 Å². The molecule has 4 rings (SSSR count). The van der Waals surface area contributed by atoms with E-state index in [1.165, 1.54) is 11.1 Å².